The van der Waals surface area contributed by atoms with Crippen LogP contribution < -0.4 is 5.32 Å². The zero-order valence-electron chi connectivity index (χ0n) is 16.9. The molecule has 0 aromatic rings. The quantitative estimate of drug-likeness (QED) is 0.332. The highest BCUT2D eigenvalue weighted by Crippen LogP contribution is 2.28. The largest absolute Gasteiger partial charge is 0.463 e. The predicted octanol–water partition coefficient (Wildman–Crippen LogP) is 0.459. The second-order valence-electron chi connectivity index (χ2n) is 6.44. The van der Waals surface area contributed by atoms with Crippen LogP contribution >= 0.6 is 0 Å². The van der Waals surface area contributed by atoms with Gasteiger partial charge in [0.1, 0.15) is 18.8 Å². The molecule has 0 saturated carbocycles. The Hall–Kier alpha value is -2.20. The molecule has 1 aliphatic rings. The summed E-state index contributed by atoms with van der Waals surface area (Å²) in [4.78, 5) is 46.2. The van der Waals surface area contributed by atoms with Crippen molar-refractivity contribution in [1.29, 1.82) is 0 Å². The Kier molecular flexibility index (Phi) is 9.88. The Morgan fingerprint density at radius 3 is 2.04 bits per heavy atom. The zero-order chi connectivity index (χ0) is 21.3. The highest BCUT2D eigenvalue weighted by atomic mass is 16.7. The summed E-state index contributed by atoms with van der Waals surface area (Å²) in [5.41, 5.74) is 0. The fraction of sp³-hybridized carbons (Fsp3) is 0.778. The summed E-state index contributed by atoms with van der Waals surface area (Å²) in [6, 6.07) is -0.920. The summed E-state index contributed by atoms with van der Waals surface area (Å²) in [5, 5.41) is 2.64. The van der Waals surface area contributed by atoms with Crippen LogP contribution in [-0.4, -0.2) is 67.7 Å². The van der Waals surface area contributed by atoms with Crippen LogP contribution in [0.15, 0.2) is 0 Å². The van der Waals surface area contributed by atoms with Crippen LogP contribution in [-0.2, 0) is 42.9 Å². The van der Waals surface area contributed by atoms with Gasteiger partial charge in [-0.2, -0.15) is 0 Å². The molecule has 1 fully saturated rings. The maximum absolute atomic E-state index is 11.7. The van der Waals surface area contributed by atoms with Crippen molar-refractivity contribution < 1.29 is 42.9 Å². The molecule has 10 heteroatoms. The van der Waals surface area contributed by atoms with E-state index < -0.39 is 54.5 Å². The molecule has 1 amide bonds. The molecule has 0 aromatic carbocycles. The Balaban J connectivity index is 3.21. The van der Waals surface area contributed by atoms with Gasteiger partial charge in [-0.3, -0.25) is 19.2 Å². The summed E-state index contributed by atoms with van der Waals surface area (Å²) < 4.78 is 27.2. The number of unbranched alkanes of at least 4 members (excludes halogenated alkanes) is 1. The van der Waals surface area contributed by atoms with Crippen molar-refractivity contribution in [3.63, 3.8) is 0 Å². The molecule has 1 N–H and O–H groups in total. The fourth-order valence-electron chi connectivity index (χ4n) is 2.78. The number of ether oxygens (including phenoxy) is 5. The van der Waals surface area contributed by atoms with Crippen LogP contribution in [0, 0.1) is 0 Å². The van der Waals surface area contributed by atoms with Gasteiger partial charge in [-0.15, -0.1) is 0 Å². The molecule has 1 saturated heterocycles. The van der Waals surface area contributed by atoms with E-state index in [1.54, 1.807) is 0 Å². The van der Waals surface area contributed by atoms with E-state index in [4.69, 9.17) is 23.7 Å². The standard InChI is InChI=1S/C18H29NO9/c1-6-7-8-24-18-15(19-10(2)20)17(27-13(5)23)16(26-12(4)22)14(28-18)9-25-11(3)21/h14-18H,6-9H2,1-5H3,(H,19,20)/t14?,15-,16+,17?,18+/m0/s1. The predicted molar refractivity (Wildman–Crippen MR) is 94.9 cm³/mol. The van der Waals surface area contributed by atoms with Crippen molar-refractivity contribution in [2.75, 3.05) is 13.2 Å². The number of amides is 1. The van der Waals surface area contributed by atoms with E-state index in [1.807, 2.05) is 6.92 Å². The molecule has 1 aliphatic heterocycles. The summed E-state index contributed by atoms with van der Waals surface area (Å²) in [6.07, 6.45) is -2.53. The molecule has 160 valence electrons. The first kappa shape index (κ1) is 23.8. The lowest BCUT2D eigenvalue weighted by molar-refractivity contribution is -0.277. The number of carbonyl (C=O) groups is 4. The molecule has 0 aliphatic carbocycles. The number of nitrogens with one attached hydrogen (secondary N) is 1. The van der Waals surface area contributed by atoms with E-state index in [1.165, 1.54) is 27.7 Å². The summed E-state index contributed by atoms with van der Waals surface area (Å²) >= 11 is 0. The molecule has 5 atom stereocenters. The molecule has 0 bridgehead atoms. The molecule has 0 radical (unpaired) electrons. The molecule has 1 rings (SSSR count). The zero-order valence-corrected chi connectivity index (χ0v) is 16.9. The van der Waals surface area contributed by atoms with Gasteiger partial charge in [-0.05, 0) is 6.42 Å². The van der Waals surface area contributed by atoms with E-state index in [0.29, 0.717) is 6.61 Å². The first-order chi connectivity index (χ1) is 13.1. The molecular formula is C18H29NO9. The van der Waals surface area contributed by atoms with Crippen LogP contribution in [0.4, 0.5) is 0 Å². The van der Waals surface area contributed by atoms with Gasteiger partial charge in [0.15, 0.2) is 18.5 Å². The number of hydrogen-bond acceptors (Lipinski definition) is 9. The molecule has 28 heavy (non-hydrogen) atoms. The molecule has 0 aromatic heterocycles. The average Bonchev–Trinajstić information content (AvgIpc) is 2.57. The number of hydrogen-bond donors (Lipinski definition) is 1. The molecule has 0 spiro atoms. The lowest BCUT2D eigenvalue weighted by Crippen LogP contribution is -2.66. The summed E-state index contributed by atoms with van der Waals surface area (Å²) in [7, 11) is 0. The molecule has 10 nitrogen and oxygen atoms in total. The van der Waals surface area contributed by atoms with E-state index in [9.17, 15) is 19.2 Å². The van der Waals surface area contributed by atoms with Crippen LogP contribution in [0.2, 0.25) is 0 Å². The topological polar surface area (TPSA) is 126 Å². The lowest BCUT2D eigenvalue weighted by atomic mass is 9.96. The minimum Gasteiger partial charge on any atom is -0.463 e. The van der Waals surface area contributed by atoms with Gasteiger partial charge in [0.25, 0.3) is 0 Å². The molecular weight excluding hydrogens is 374 g/mol. The van der Waals surface area contributed by atoms with E-state index in [2.05, 4.69) is 5.32 Å². The minimum absolute atomic E-state index is 0.245. The van der Waals surface area contributed by atoms with Crippen LogP contribution in [0.25, 0.3) is 0 Å². The first-order valence-corrected chi connectivity index (χ1v) is 9.17. The van der Waals surface area contributed by atoms with Gasteiger partial charge in [0.2, 0.25) is 5.91 Å². The smallest absolute Gasteiger partial charge is 0.303 e. The van der Waals surface area contributed by atoms with Crippen molar-refractivity contribution in [2.45, 2.75) is 78.1 Å². The highest BCUT2D eigenvalue weighted by Gasteiger charge is 2.51. The third kappa shape index (κ3) is 7.81. The molecule has 2 unspecified atom stereocenters. The van der Waals surface area contributed by atoms with E-state index in [-0.39, 0.29) is 6.61 Å². The average molecular weight is 403 g/mol. The monoisotopic (exact) mass is 403 g/mol. The van der Waals surface area contributed by atoms with Crippen molar-refractivity contribution in [1.82, 2.24) is 5.32 Å². The Labute approximate surface area is 164 Å². The molecule has 1 heterocycles. The third-order valence-corrected chi connectivity index (χ3v) is 3.85. The Bertz CT molecular complexity index is 565. The SMILES string of the molecule is CCCCO[C@@H]1OC(COC(C)=O)[C@@H](OC(C)=O)C(OC(C)=O)[C@@H]1NC(C)=O. The third-order valence-electron chi connectivity index (χ3n) is 3.85. The lowest BCUT2D eigenvalue weighted by Gasteiger charge is -2.44. The number of carbonyl (C=O) groups excluding carboxylic acids is 4. The Morgan fingerprint density at radius 1 is 0.929 bits per heavy atom. The van der Waals surface area contributed by atoms with Crippen LogP contribution in [0.3, 0.4) is 0 Å². The van der Waals surface area contributed by atoms with Gasteiger partial charge in [-0.1, -0.05) is 13.3 Å². The van der Waals surface area contributed by atoms with Crippen molar-refractivity contribution in [3.8, 4) is 0 Å². The van der Waals surface area contributed by atoms with Crippen molar-refractivity contribution in [3.05, 3.63) is 0 Å². The Morgan fingerprint density at radius 2 is 1.54 bits per heavy atom. The second-order valence-corrected chi connectivity index (χ2v) is 6.44. The second kappa shape index (κ2) is 11.6. The van der Waals surface area contributed by atoms with Crippen LogP contribution in [0.1, 0.15) is 47.5 Å². The summed E-state index contributed by atoms with van der Waals surface area (Å²) in [5.74, 6) is -2.25. The van der Waals surface area contributed by atoms with Gasteiger partial charge in [0.05, 0.1) is 0 Å². The van der Waals surface area contributed by atoms with Crippen molar-refractivity contribution >= 4 is 23.8 Å². The maximum atomic E-state index is 11.7. The number of rotatable bonds is 9. The van der Waals surface area contributed by atoms with Crippen LogP contribution in [0.5, 0.6) is 0 Å². The van der Waals surface area contributed by atoms with Gasteiger partial charge < -0.3 is 29.0 Å². The van der Waals surface area contributed by atoms with Crippen molar-refractivity contribution in [2.24, 2.45) is 0 Å². The fourth-order valence-corrected chi connectivity index (χ4v) is 2.78. The minimum atomic E-state index is -1.11. The highest BCUT2D eigenvalue weighted by molar-refractivity contribution is 5.73. The summed E-state index contributed by atoms with van der Waals surface area (Å²) in [6.45, 7) is 6.97. The van der Waals surface area contributed by atoms with Gasteiger partial charge in [0, 0.05) is 34.3 Å². The first-order valence-electron chi connectivity index (χ1n) is 9.17. The number of esters is 3. The van der Waals surface area contributed by atoms with E-state index >= 15 is 0 Å². The van der Waals surface area contributed by atoms with Gasteiger partial charge in [-0.25, -0.2) is 0 Å². The maximum Gasteiger partial charge on any atom is 0.303 e. The normalized spacial score (nSPS) is 26.8. The van der Waals surface area contributed by atoms with Gasteiger partial charge >= 0.3 is 17.9 Å². The van der Waals surface area contributed by atoms with E-state index in [0.717, 1.165) is 12.8 Å².